The van der Waals surface area contributed by atoms with Gasteiger partial charge in [-0.2, -0.15) is 9.61 Å². The third kappa shape index (κ3) is 1.88. The monoisotopic (exact) mass is 299 g/mol. The molecular formula is C17H25N5. The highest BCUT2D eigenvalue weighted by atomic mass is 15.3. The lowest BCUT2D eigenvalue weighted by Crippen LogP contribution is -2.45. The van der Waals surface area contributed by atoms with E-state index in [1.165, 1.54) is 17.7 Å². The van der Waals surface area contributed by atoms with Crippen LogP contribution in [0.15, 0.2) is 12.3 Å². The topological polar surface area (TPSA) is 68.2 Å². The Bertz CT molecular complexity index is 694. The zero-order chi connectivity index (χ0) is 15.3. The minimum Gasteiger partial charge on any atom is -0.367 e. The van der Waals surface area contributed by atoms with Gasteiger partial charge in [-0.1, -0.05) is 13.8 Å². The molecule has 5 nitrogen and oxygen atoms in total. The summed E-state index contributed by atoms with van der Waals surface area (Å²) < 4.78 is 1.98. The van der Waals surface area contributed by atoms with Gasteiger partial charge in [-0.05, 0) is 38.5 Å². The van der Waals surface area contributed by atoms with Gasteiger partial charge in [0, 0.05) is 29.1 Å². The average Bonchev–Trinajstić information content (AvgIpc) is 3.10. The van der Waals surface area contributed by atoms with Gasteiger partial charge in [-0.25, -0.2) is 4.98 Å². The van der Waals surface area contributed by atoms with E-state index < -0.39 is 0 Å². The molecule has 0 aliphatic heterocycles. The van der Waals surface area contributed by atoms with Crippen LogP contribution < -0.4 is 11.1 Å². The molecule has 2 aliphatic carbocycles. The van der Waals surface area contributed by atoms with Gasteiger partial charge in [0.15, 0.2) is 5.65 Å². The van der Waals surface area contributed by atoms with Gasteiger partial charge in [0.1, 0.15) is 5.82 Å². The third-order valence-corrected chi connectivity index (χ3v) is 5.86. The maximum absolute atomic E-state index is 5.94. The maximum Gasteiger partial charge on any atom is 0.157 e. The van der Waals surface area contributed by atoms with Gasteiger partial charge in [0.25, 0.3) is 0 Å². The van der Waals surface area contributed by atoms with Crippen molar-refractivity contribution in [1.82, 2.24) is 14.6 Å². The molecule has 2 aromatic heterocycles. The normalized spacial score (nSPS) is 26.0. The lowest BCUT2D eigenvalue weighted by atomic mass is 9.80. The molecule has 0 atom stereocenters. The van der Waals surface area contributed by atoms with Gasteiger partial charge in [-0.3, -0.25) is 0 Å². The summed E-state index contributed by atoms with van der Waals surface area (Å²) in [5.74, 6) is 1.16. The predicted octanol–water partition coefficient (Wildman–Crippen LogP) is 2.63. The van der Waals surface area contributed by atoms with Crippen LogP contribution in [-0.4, -0.2) is 26.7 Å². The molecule has 0 bridgehead atoms. The summed E-state index contributed by atoms with van der Waals surface area (Å²) in [4.78, 5) is 4.97. The predicted molar refractivity (Wildman–Crippen MR) is 88.2 cm³/mol. The van der Waals surface area contributed by atoms with Crippen molar-refractivity contribution in [2.45, 2.75) is 69.9 Å². The first kappa shape index (κ1) is 14.0. The molecule has 1 saturated carbocycles. The van der Waals surface area contributed by atoms with E-state index in [-0.39, 0.29) is 5.41 Å². The summed E-state index contributed by atoms with van der Waals surface area (Å²) in [6.07, 6.45) is 8.55. The molecule has 0 amide bonds. The molecule has 0 unspecified atom stereocenters. The van der Waals surface area contributed by atoms with Crippen molar-refractivity contribution in [1.29, 1.82) is 0 Å². The second kappa shape index (κ2) is 4.95. The Morgan fingerprint density at radius 3 is 2.82 bits per heavy atom. The Morgan fingerprint density at radius 1 is 1.36 bits per heavy atom. The summed E-state index contributed by atoms with van der Waals surface area (Å²) in [5.41, 5.74) is 9.82. The van der Waals surface area contributed by atoms with E-state index in [2.05, 4.69) is 24.3 Å². The fourth-order valence-electron chi connectivity index (χ4n) is 4.19. The number of hydrogen-bond acceptors (Lipinski definition) is 4. The van der Waals surface area contributed by atoms with Crippen LogP contribution in [0.4, 0.5) is 5.82 Å². The van der Waals surface area contributed by atoms with Gasteiger partial charge < -0.3 is 11.1 Å². The van der Waals surface area contributed by atoms with E-state index in [9.17, 15) is 0 Å². The number of rotatable bonds is 4. The summed E-state index contributed by atoms with van der Waals surface area (Å²) in [6.45, 7) is 4.58. The van der Waals surface area contributed by atoms with E-state index in [1.807, 2.05) is 16.8 Å². The van der Waals surface area contributed by atoms with Crippen LogP contribution in [0.2, 0.25) is 0 Å². The smallest absolute Gasteiger partial charge is 0.157 e. The third-order valence-electron chi connectivity index (χ3n) is 5.86. The SMILES string of the molecule is CCC1(CC)CCc2c1nc1ccnn1c2N[C@H]1C[C@H](N)C1. The summed E-state index contributed by atoms with van der Waals surface area (Å²) in [5, 5.41) is 8.19. The van der Waals surface area contributed by atoms with Crippen molar-refractivity contribution in [3.8, 4) is 0 Å². The van der Waals surface area contributed by atoms with E-state index >= 15 is 0 Å². The number of hydrogen-bond donors (Lipinski definition) is 2. The fourth-order valence-corrected chi connectivity index (χ4v) is 4.19. The van der Waals surface area contributed by atoms with E-state index in [0.29, 0.717) is 12.1 Å². The first-order valence-corrected chi connectivity index (χ1v) is 8.56. The largest absolute Gasteiger partial charge is 0.367 e. The summed E-state index contributed by atoms with van der Waals surface area (Å²) in [7, 11) is 0. The molecule has 0 radical (unpaired) electrons. The Labute approximate surface area is 131 Å². The van der Waals surface area contributed by atoms with Gasteiger partial charge in [0.2, 0.25) is 0 Å². The van der Waals surface area contributed by atoms with Crippen LogP contribution in [0.3, 0.4) is 0 Å². The Morgan fingerprint density at radius 2 is 2.14 bits per heavy atom. The zero-order valence-corrected chi connectivity index (χ0v) is 13.5. The number of anilines is 1. The van der Waals surface area contributed by atoms with E-state index in [0.717, 1.165) is 43.6 Å². The molecule has 118 valence electrons. The van der Waals surface area contributed by atoms with Gasteiger partial charge in [-0.15, -0.1) is 0 Å². The first-order valence-electron chi connectivity index (χ1n) is 8.56. The minimum absolute atomic E-state index is 0.244. The highest BCUT2D eigenvalue weighted by Crippen LogP contribution is 2.45. The number of nitrogens with one attached hydrogen (secondary N) is 1. The highest BCUT2D eigenvalue weighted by molar-refractivity contribution is 5.59. The molecule has 2 aromatic rings. The molecular weight excluding hydrogens is 274 g/mol. The minimum atomic E-state index is 0.244. The number of aromatic nitrogens is 3. The van der Waals surface area contributed by atoms with Crippen LogP contribution >= 0.6 is 0 Å². The van der Waals surface area contributed by atoms with Crippen LogP contribution in [0.5, 0.6) is 0 Å². The lowest BCUT2D eigenvalue weighted by Gasteiger charge is -2.34. The zero-order valence-electron chi connectivity index (χ0n) is 13.5. The molecule has 5 heteroatoms. The van der Waals surface area contributed by atoms with Crippen LogP contribution in [0.1, 0.15) is 57.2 Å². The van der Waals surface area contributed by atoms with E-state index in [4.69, 9.17) is 10.7 Å². The Hall–Kier alpha value is -1.62. The first-order chi connectivity index (χ1) is 10.7. The summed E-state index contributed by atoms with van der Waals surface area (Å²) in [6, 6.07) is 2.84. The fraction of sp³-hybridized carbons (Fsp3) is 0.647. The summed E-state index contributed by atoms with van der Waals surface area (Å²) >= 11 is 0. The molecule has 0 saturated heterocycles. The maximum atomic E-state index is 5.94. The Kier molecular flexibility index (Phi) is 3.15. The molecule has 0 spiro atoms. The van der Waals surface area contributed by atoms with Crippen molar-refractivity contribution in [2.75, 3.05) is 5.32 Å². The second-order valence-electron chi connectivity index (χ2n) is 6.95. The van der Waals surface area contributed by atoms with Crippen LogP contribution in [0.25, 0.3) is 5.65 Å². The second-order valence-corrected chi connectivity index (χ2v) is 6.95. The standard InChI is InChI=1S/C17H25N5/c1-3-17(4-2)7-5-13-15(17)21-14-6-8-19-22(14)16(13)20-12-9-11(18)10-12/h6,8,11-12,20H,3-5,7,9-10,18H2,1-2H3/t11-,12-. The van der Waals surface area contributed by atoms with Crippen molar-refractivity contribution in [3.63, 3.8) is 0 Å². The van der Waals surface area contributed by atoms with Gasteiger partial charge >= 0.3 is 0 Å². The molecule has 1 fully saturated rings. The number of nitrogens with zero attached hydrogens (tertiary/aromatic N) is 3. The number of nitrogens with two attached hydrogens (primary N) is 1. The molecule has 0 aromatic carbocycles. The van der Waals surface area contributed by atoms with Crippen LogP contribution in [-0.2, 0) is 11.8 Å². The Balaban J connectivity index is 1.83. The molecule has 4 rings (SSSR count). The van der Waals surface area contributed by atoms with Crippen molar-refractivity contribution in [3.05, 3.63) is 23.5 Å². The molecule has 22 heavy (non-hydrogen) atoms. The lowest BCUT2D eigenvalue weighted by molar-refractivity contribution is 0.372. The molecule has 3 N–H and O–H groups in total. The molecule has 2 heterocycles. The van der Waals surface area contributed by atoms with Crippen molar-refractivity contribution < 1.29 is 0 Å². The quantitative estimate of drug-likeness (QED) is 0.910. The van der Waals surface area contributed by atoms with Crippen molar-refractivity contribution in [2.24, 2.45) is 5.73 Å². The average molecular weight is 299 g/mol. The number of fused-ring (bicyclic) bond motifs is 2. The van der Waals surface area contributed by atoms with Gasteiger partial charge in [0.05, 0.1) is 11.9 Å². The molecule has 2 aliphatic rings. The van der Waals surface area contributed by atoms with Crippen LogP contribution in [0, 0.1) is 0 Å². The highest BCUT2D eigenvalue weighted by Gasteiger charge is 2.40. The van der Waals surface area contributed by atoms with Crippen molar-refractivity contribution >= 4 is 11.5 Å². The van der Waals surface area contributed by atoms with E-state index in [1.54, 1.807) is 0 Å².